The van der Waals surface area contributed by atoms with Crippen molar-refractivity contribution >= 4 is 17.3 Å². The lowest BCUT2D eigenvalue weighted by molar-refractivity contribution is 0.0682. The van der Waals surface area contributed by atoms with E-state index in [0.717, 1.165) is 43.8 Å². The summed E-state index contributed by atoms with van der Waals surface area (Å²) >= 11 is 0. The van der Waals surface area contributed by atoms with Gasteiger partial charge in [-0.3, -0.25) is 9.80 Å². The number of hydrazone groups is 1. The lowest BCUT2D eigenvalue weighted by Gasteiger charge is -2.26. The summed E-state index contributed by atoms with van der Waals surface area (Å²) < 4.78 is 0. The number of hydrogen-bond acceptors (Lipinski definition) is 4. The van der Waals surface area contributed by atoms with Gasteiger partial charge in [-0.2, -0.15) is 5.10 Å². The van der Waals surface area contributed by atoms with Crippen molar-refractivity contribution in [2.24, 2.45) is 5.10 Å². The number of rotatable bonds is 4. The van der Waals surface area contributed by atoms with Crippen LogP contribution in [0.2, 0.25) is 0 Å². The summed E-state index contributed by atoms with van der Waals surface area (Å²) in [6.45, 7) is 5.51. The number of carbonyl (C=O) groups is 1. The van der Waals surface area contributed by atoms with Crippen LogP contribution in [0.3, 0.4) is 0 Å². The van der Waals surface area contributed by atoms with Crippen LogP contribution in [-0.4, -0.2) is 46.9 Å². The van der Waals surface area contributed by atoms with Gasteiger partial charge in [0.2, 0.25) is 0 Å². The lowest BCUT2D eigenvalue weighted by Crippen LogP contribution is -2.37. The topological polar surface area (TPSA) is 56.1 Å². The van der Waals surface area contributed by atoms with Crippen LogP contribution in [0.15, 0.2) is 29.4 Å². The maximum atomic E-state index is 12.7. The average molecular weight is 315 g/mol. The fourth-order valence-corrected chi connectivity index (χ4v) is 3.44. The van der Waals surface area contributed by atoms with Gasteiger partial charge in [-0.1, -0.05) is 0 Å². The first-order valence-electron chi connectivity index (χ1n) is 8.45. The quantitative estimate of drug-likeness (QED) is 0.929. The van der Waals surface area contributed by atoms with Gasteiger partial charge in [0.1, 0.15) is 0 Å². The molecule has 2 aliphatic rings. The van der Waals surface area contributed by atoms with Crippen molar-refractivity contribution in [2.75, 3.05) is 18.1 Å². The highest BCUT2D eigenvalue weighted by Gasteiger charge is 2.30. The SMILES string of the molecule is CC1=NN(c2ccc(C(=O)N3CCCC3CC(C)O)cc2)CC1. The normalized spacial score (nSPS) is 22.4. The van der Waals surface area contributed by atoms with E-state index >= 15 is 0 Å². The summed E-state index contributed by atoms with van der Waals surface area (Å²) in [6, 6.07) is 7.87. The minimum atomic E-state index is -0.368. The van der Waals surface area contributed by atoms with E-state index in [1.807, 2.05) is 41.1 Å². The predicted molar refractivity (Wildman–Crippen MR) is 91.9 cm³/mol. The first-order valence-corrected chi connectivity index (χ1v) is 8.45. The molecular weight excluding hydrogens is 290 g/mol. The summed E-state index contributed by atoms with van der Waals surface area (Å²) in [5.74, 6) is 0.0702. The highest BCUT2D eigenvalue weighted by atomic mass is 16.3. The molecule has 124 valence electrons. The second-order valence-corrected chi connectivity index (χ2v) is 6.63. The molecule has 5 heteroatoms. The van der Waals surface area contributed by atoms with E-state index in [0.29, 0.717) is 12.0 Å². The fraction of sp³-hybridized carbons (Fsp3) is 0.556. The summed E-state index contributed by atoms with van der Waals surface area (Å²) in [5, 5.41) is 16.1. The van der Waals surface area contributed by atoms with Crippen molar-refractivity contribution in [1.29, 1.82) is 0 Å². The zero-order chi connectivity index (χ0) is 16.4. The van der Waals surface area contributed by atoms with Gasteiger partial charge < -0.3 is 10.0 Å². The van der Waals surface area contributed by atoms with Crippen LogP contribution >= 0.6 is 0 Å². The minimum Gasteiger partial charge on any atom is -0.393 e. The van der Waals surface area contributed by atoms with E-state index < -0.39 is 0 Å². The number of benzene rings is 1. The van der Waals surface area contributed by atoms with Crippen LogP contribution in [0.4, 0.5) is 5.69 Å². The van der Waals surface area contributed by atoms with Gasteiger partial charge in [-0.05, 0) is 57.4 Å². The molecule has 0 aliphatic carbocycles. The Labute approximate surface area is 137 Å². The molecule has 23 heavy (non-hydrogen) atoms. The van der Waals surface area contributed by atoms with E-state index in [1.165, 1.54) is 0 Å². The van der Waals surface area contributed by atoms with Crippen LogP contribution in [0.5, 0.6) is 0 Å². The minimum absolute atomic E-state index is 0.0702. The Morgan fingerprint density at radius 2 is 2.09 bits per heavy atom. The van der Waals surface area contributed by atoms with Gasteiger partial charge in [0.05, 0.1) is 11.8 Å². The standard InChI is InChI=1S/C18H25N3O2/c1-13-9-11-21(19-13)16-7-5-15(6-8-16)18(23)20-10-3-4-17(20)12-14(2)22/h5-8,14,17,22H,3-4,9-12H2,1-2H3. The van der Waals surface area contributed by atoms with Crippen molar-refractivity contribution in [2.45, 2.75) is 51.7 Å². The Morgan fingerprint density at radius 3 is 2.70 bits per heavy atom. The lowest BCUT2D eigenvalue weighted by atomic mass is 10.1. The highest BCUT2D eigenvalue weighted by Crippen LogP contribution is 2.25. The Hall–Kier alpha value is -1.88. The number of likely N-dealkylation sites (tertiary alicyclic amines) is 1. The number of hydrogen-bond donors (Lipinski definition) is 1. The zero-order valence-electron chi connectivity index (χ0n) is 13.9. The molecule has 0 spiro atoms. The molecule has 1 N–H and O–H groups in total. The van der Waals surface area contributed by atoms with E-state index in [-0.39, 0.29) is 18.1 Å². The first kappa shape index (κ1) is 16.0. The molecule has 2 atom stereocenters. The average Bonchev–Trinajstić information content (AvgIpc) is 3.15. The number of anilines is 1. The molecular formula is C18H25N3O2. The molecule has 0 bridgehead atoms. The molecule has 0 radical (unpaired) electrons. The molecule has 0 aromatic heterocycles. The fourth-order valence-electron chi connectivity index (χ4n) is 3.44. The molecule has 0 saturated carbocycles. The summed E-state index contributed by atoms with van der Waals surface area (Å²) in [6.07, 6.45) is 3.28. The second-order valence-electron chi connectivity index (χ2n) is 6.63. The summed E-state index contributed by atoms with van der Waals surface area (Å²) in [7, 11) is 0. The van der Waals surface area contributed by atoms with Gasteiger partial charge in [-0.15, -0.1) is 0 Å². The maximum absolute atomic E-state index is 12.7. The maximum Gasteiger partial charge on any atom is 0.254 e. The number of aliphatic hydroxyl groups excluding tert-OH is 1. The van der Waals surface area contributed by atoms with Crippen LogP contribution in [0.25, 0.3) is 0 Å². The van der Waals surface area contributed by atoms with E-state index in [9.17, 15) is 9.90 Å². The van der Waals surface area contributed by atoms with Gasteiger partial charge in [0.25, 0.3) is 5.91 Å². The predicted octanol–water partition coefficient (Wildman–Crippen LogP) is 2.65. The molecule has 2 heterocycles. The van der Waals surface area contributed by atoms with Gasteiger partial charge >= 0.3 is 0 Å². The van der Waals surface area contributed by atoms with Crippen LogP contribution in [0.1, 0.15) is 49.9 Å². The molecule has 5 nitrogen and oxygen atoms in total. The number of nitrogens with zero attached hydrogens (tertiary/aromatic N) is 3. The molecule has 1 aromatic rings. The largest absolute Gasteiger partial charge is 0.393 e. The molecule has 2 aliphatic heterocycles. The third-order valence-electron chi connectivity index (χ3n) is 4.64. The molecule has 1 aromatic carbocycles. The van der Waals surface area contributed by atoms with E-state index in [4.69, 9.17) is 0 Å². The van der Waals surface area contributed by atoms with Crippen LogP contribution < -0.4 is 5.01 Å². The molecule has 1 saturated heterocycles. The van der Waals surface area contributed by atoms with Crippen molar-refractivity contribution in [3.05, 3.63) is 29.8 Å². The molecule has 1 fully saturated rings. The van der Waals surface area contributed by atoms with Crippen LogP contribution in [0, 0.1) is 0 Å². The Kier molecular flexibility index (Phi) is 4.66. The van der Waals surface area contributed by atoms with Crippen molar-refractivity contribution in [3.63, 3.8) is 0 Å². The Morgan fingerprint density at radius 1 is 1.35 bits per heavy atom. The van der Waals surface area contributed by atoms with Crippen LogP contribution in [-0.2, 0) is 0 Å². The first-order chi connectivity index (χ1) is 11.0. The van der Waals surface area contributed by atoms with Gasteiger partial charge in [-0.25, -0.2) is 0 Å². The Bertz CT molecular complexity index is 595. The van der Waals surface area contributed by atoms with E-state index in [1.54, 1.807) is 6.92 Å². The highest BCUT2D eigenvalue weighted by molar-refractivity contribution is 5.95. The van der Waals surface area contributed by atoms with Gasteiger partial charge in [0.15, 0.2) is 0 Å². The molecule has 2 unspecified atom stereocenters. The van der Waals surface area contributed by atoms with Crippen molar-refractivity contribution < 1.29 is 9.90 Å². The number of aliphatic hydroxyl groups is 1. The monoisotopic (exact) mass is 315 g/mol. The zero-order valence-corrected chi connectivity index (χ0v) is 13.9. The van der Waals surface area contributed by atoms with Crippen molar-refractivity contribution in [1.82, 2.24) is 4.90 Å². The third-order valence-corrected chi connectivity index (χ3v) is 4.64. The molecule has 3 rings (SSSR count). The van der Waals surface area contributed by atoms with Gasteiger partial charge in [0, 0.05) is 36.8 Å². The molecule has 1 amide bonds. The van der Waals surface area contributed by atoms with Crippen molar-refractivity contribution in [3.8, 4) is 0 Å². The van der Waals surface area contributed by atoms with E-state index in [2.05, 4.69) is 5.10 Å². The smallest absolute Gasteiger partial charge is 0.254 e. The summed E-state index contributed by atoms with van der Waals surface area (Å²) in [5.41, 5.74) is 2.88. The number of amides is 1. The Balaban J connectivity index is 1.70. The third kappa shape index (κ3) is 3.55. The second kappa shape index (κ2) is 6.71. The summed E-state index contributed by atoms with van der Waals surface area (Å²) in [4.78, 5) is 14.6. The number of carbonyl (C=O) groups excluding carboxylic acids is 1.